The van der Waals surface area contributed by atoms with Crippen LogP contribution in [0.25, 0.3) is 0 Å². The van der Waals surface area contributed by atoms with Crippen LogP contribution in [0.1, 0.15) is 0 Å². The molecular formula is C20H44N2O9. The molecule has 11 heteroatoms. The average Bonchev–Trinajstić information content (AvgIpc) is 2.78. The first-order valence-electron chi connectivity index (χ1n) is 11.0. The summed E-state index contributed by atoms with van der Waals surface area (Å²) in [4.78, 5) is 0. The summed E-state index contributed by atoms with van der Waals surface area (Å²) in [5, 5.41) is 0. The molecule has 0 rings (SSSR count). The molecule has 31 heavy (non-hydrogen) atoms. The Hall–Kier alpha value is -0.440. The van der Waals surface area contributed by atoms with Crippen molar-refractivity contribution in [2.75, 3.05) is 132 Å². The molecule has 0 heterocycles. The van der Waals surface area contributed by atoms with Gasteiger partial charge in [0.2, 0.25) is 0 Å². The van der Waals surface area contributed by atoms with E-state index in [0.717, 1.165) is 0 Å². The van der Waals surface area contributed by atoms with E-state index in [-0.39, 0.29) is 0 Å². The number of rotatable bonds is 28. The molecular weight excluding hydrogens is 412 g/mol. The summed E-state index contributed by atoms with van der Waals surface area (Å²) in [6.07, 6.45) is 0. The number of hydrogen-bond acceptors (Lipinski definition) is 11. The van der Waals surface area contributed by atoms with Gasteiger partial charge in [-0.25, -0.2) is 0 Å². The Morgan fingerprint density at radius 3 is 0.484 bits per heavy atom. The Labute approximate surface area is 186 Å². The molecule has 0 amide bonds. The molecule has 0 aromatic heterocycles. The summed E-state index contributed by atoms with van der Waals surface area (Å²) in [6.45, 7) is 10.8. The Morgan fingerprint density at radius 2 is 0.355 bits per heavy atom. The lowest BCUT2D eigenvalue weighted by atomic mass is 10.6. The van der Waals surface area contributed by atoms with Gasteiger partial charge >= 0.3 is 0 Å². The van der Waals surface area contributed by atoms with E-state index in [2.05, 4.69) is 0 Å². The molecule has 0 atom stereocenters. The maximum atomic E-state index is 5.42. The summed E-state index contributed by atoms with van der Waals surface area (Å²) in [5.74, 6) is 0. The monoisotopic (exact) mass is 456 g/mol. The van der Waals surface area contributed by atoms with Gasteiger partial charge in [-0.05, 0) is 0 Å². The first-order valence-corrected chi connectivity index (χ1v) is 11.0. The van der Waals surface area contributed by atoms with Gasteiger partial charge in [0.05, 0.1) is 119 Å². The second kappa shape index (κ2) is 29.6. The topological polar surface area (TPSA) is 135 Å². The lowest BCUT2D eigenvalue weighted by molar-refractivity contribution is -0.0247. The third-order valence-corrected chi connectivity index (χ3v) is 3.50. The van der Waals surface area contributed by atoms with Gasteiger partial charge in [0.1, 0.15) is 0 Å². The van der Waals surface area contributed by atoms with Crippen molar-refractivity contribution in [3.05, 3.63) is 0 Å². The van der Waals surface area contributed by atoms with Crippen LogP contribution in [-0.4, -0.2) is 132 Å². The molecule has 0 radical (unpaired) electrons. The second-order valence-corrected chi connectivity index (χ2v) is 6.09. The van der Waals surface area contributed by atoms with Crippen LogP contribution in [0, 0.1) is 0 Å². The normalized spacial score (nSPS) is 11.4. The molecule has 0 aromatic carbocycles. The zero-order valence-corrected chi connectivity index (χ0v) is 19.0. The highest BCUT2D eigenvalue weighted by atomic mass is 16.6. The average molecular weight is 457 g/mol. The molecule has 0 unspecified atom stereocenters. The minimum absolute atomic E-state index is 0.526. The maximum Gasteiger partial charge on any atom is 0.0701 e. The number of nitrogens with two attached hydrogens (primary N) is 2. The lowest BCUT2D eigenvalue weighted by Gasteiger charge is -2.08. The lowest BCUT2D eigenvalue weighted by Crippen LogP contribution is -2.15. The third kappa shape index (κ3) is 29.6. The van der Waals surface area contributed by atoms with E-state index in [1.54, 1.807) is 0 Å². The van der Waals surface area contributed by atoms with Gasteiger partial charge in [-0.2, -0.15) is 0 Å². The largest absolute Gasteiger partial charge is 0.378 e. The van der Waals surface area contributed by atoms with E-state index < -0.39 is 0 Å². The van der Waals surface area contributed by atoms with Crippen LogP contribution in [0.3, 0.4) is 0 Å². The van der Waals surface area contributed by atoms with Gasteiger partial charge in [0.15, 0.2) is 0 Å². The predicted molar refractivity (Wildman–Crippen MR) is 115 cm³/mol. The van der Waals surface area contributed by atoms with Crippen molar-refractivity contribution in [3.63, 3.8) is 0 Å². The van der Waals surface area contributed by atoms with E-state index >= 15 is 0 Å². The maximum absolute atomic E-state index is 5.42. The highest BCUT2D eigenvalue weighted by Crippen LogP contribution is 1.86. The summed E-state index contributed by atoms with van der Waals surface area (Å²) >= 11 is 0. The highest BCUT2D eigenvalue weighted by molar-refractivity contribution is 4.38. The van der Waals surface area contributed by atoms with E-state index in [0.29, 0.717) is 132 Å². The smallest absolute Gasteiger partial charge is 0.0701 e. The van der Waals surface area contributed by atoms with Crippen molar-refractivity contribution >= 4 is 0 Å². The molecule has 188 valence electrons. The fourth-order valence-electron chi connectivity index (χ4n) is 2.03. The van der Waals surface area contributed by atoms with Gasteiger partial charge in [-0.15, -0.1) is 0 Å². The van der Waals surface area contributed by atoms with Gasteiger partial charge in [0, 0.05) is 13.1 Å². The zero-order valence-electron chi connectivity index (χ0n) is 19.0. The molecule has 0 aliphatic rings. The first kappa shape index (κ1) is 30.6. The Balaban J connectivity index is 2.98. The zero-order chi connectivity index (χ0) is 22.5. The summed E-state index contributed by atoms with van der Waals surface area (Å²) in [5.41, 5.74) is 10.6. The number of hydrogen-bond donors (Lipinski definition) is 2. The molecule has 4 N–H and O–H groups in total. The van der Waals surface area contributed by atoms with Crippen molar-refractivity contribution in [3.8, 4) is 0 Å². The molecule has 11 nitrogen and oxygen atoms in total. The SMILES string of the molecule is NCCOCCOCCOCCOCCOCCOCCOCCOCCOCCN. The van der Waals surface area contributed by atoms with E-state index in [9.17, 15) is 0 Å². The van der Waals surface area contributed by atoms with Crippen molar-refractivity contribution in [2.45, 2.75) is 0 Å². The minimum Gasteiger partial charge on any atom is -0.378 e. The first-order chi connectivity index (χ1) is 15.4. The molecule has 0 fully saturated rings. The van der Waals surface area contributed by atoms with Crippen molar-refractivity contribution < 1.29 is 42.6 Å². The van der Waals surface area contributed by atoms with Crippen molar-refractivity contribution in [1.29, 1.82) is 0 Å². The van der Waals surface area contributed by atoms with Crippen molar-refractivity contribution in [2.24, 2.45) is 11.5 Å². The predicted octanol–water partition coefficient (Wildman–Crippen LogP) is -0.947. The van der Waals surface area contributed by atoms with Crippen LogP contribution in [0.5, 0.6) is 0 Å². The summed E-state index contributed by atoms with van der Waals surface area (Å²) in [7, 11) is 0. The van der Waals surface area contributed by atoms with Crippen molar-refractivity contribution in [1.82, 2.24) is 0 Å². The Bertz CT molecular complexity index is 290. The second-order valence-electron chi connectivity index (χ2n) is 6.09. The van der Waals surface area contributed by atoms with E-state index in [4.69, 9.17) is 54.1 Å². The third-order valence-electron chi connectivity index (χ3n) is 3.50. The molecule has 0 bridgehead atoms. The van der Waals surface area contributed by atoms with Crippen LogP contribution in [-0.2, 0) is 42.6 Å². The van der Waals surface area contributed by atoms with E-state index in [1.807, 2.05) is 0 Å². The van der Waals surface area contributed by atoms with Crippen LogP contribution in [0.2, 0.25) is 0 Å². The molecule has 0 spiro atoms. The molecule has 0 aromatic rings. The minimum atomic E-state index is 0.526. The van der Waals surface area contributed by atoms with Crippen LogP contribution >= 0.6 is 0 Å². The highest BCUT2D eigenvalue weighted by Gasteiger charge is 1.95. The van der Waals surface area contributed by atoms with E-state index in [1.165, 1.54) is 0 Å². The fraction of sp³-hybridized carbons (Fsp3) is 1.00. The Morgan fingerprint density at radius 1 is 0.226 bits per heavy atom. The van der Waals surface area contributed by atoms with Gasteiger partial charge in [-0.3, -0.25) is 0 Å². The quantitative estimate of drug-likeness (QED) is 0.141. The molecule has 0 aliphatic carbocycles. The van der Waals surface area contributed by atoms with Crippen LogP contribution < -0.4 is 11.5 Å². The summed E-state index contributed by atoms with van der Waals surface area (Å²) in [6, 6.07) is 0. The van der Waals surface area contributed by atoms with Crippen LogP contribution in [0.15, 0.2) is 0 Å². The van der Waals surface area contributed by atoms with Gasteiger partial charge < -0.3 is 54.1 Å². The fourth-order valence-corrected chi connectivity index (χ4v) is 2.03. The number of ether oxygens (including phenoxy) is 9. The van der Waals surface area contributed by atoms with Gasteiger partial charge in [0.25, 0.3) is 0 Å². The van der Waals surface area contributed by atoms with Gasteiger partial charge in [-0.1, -0.05) is 0 Å². The summed E-state index contributed by atoms with van der Waals surface area (Å²) < 4.78 is 48.1. The van der Waals surface area contributed by atoms with Crippen LogP contribution in [0.4, 0.5) is 0 Å². The Kier molecular flexibility index (Phi) is 29.1. The molecule has 0 saturated heterocycles. The molecule has 0 aliphatic heterocycles. The molecule has 0 saturated carbocycles. The standard InChI is InChI=1S/C20H44N2O9/c21-1-3-23-5-7-25-9-11-27-13-15-29-17-19-31-20-18-30-16-14-28-12-10-26-8-6-24-4-2-22/h1-22H2.